The Morgan fingerprint density at radius 1 is 1.42 bits per heavy atom. The summed E-state index contributed by atoms with van der Waals surface area (Å²) in [5, 5.41) is 22.1. The van der Waals surface area contributed by atoms with Gasteiger partial charge in [-0.2, -0.15) is 0 Å². The summed E-state index contributed by atoms with van der Waals surface area (Å²) in [7, 11) is 0. The topological polar surface area (TPSA) is 69.6 Å². The van der Waals surface area contributed by atoms with Crippen molar-refractivity contribution < 1.29 is 15.0 Å². The molecule has 0 saturated heterocycles. The first-order valence-electron chi connectivity index (χ1n) is 6.79. The number of aliphatic hydroxyl groups is 1. The van der Waals surface area contributed by atoms with Crippen LogP contribution in [0.1, 0.15) is 30.4 Å². The molecule has 4 heteroatoms. The summed E-state index contributed by atoms with van der Waals surface area (Å²) in [6, 6.07) is 5.27. The van der Waals surface area contributed by atoms with Gasteiger partial charge in [-0.1, -0.05) is 18.6 Å². The number of hydrogen-bond acceptors (Lipinski definition) is 3. The Kier molecular flexibility index (Phi) is 4.43. The largest absolute Gasteiger partial charge is 0.508 e. The van der Waals surface area contributed by atoms with Crippen molar-refractivity contribution in [2.75, 3.05) is 6.54 Å². The van der Waals surface area contributed by atoms with Crippen molar-refractivity contribution in [1.29, 1.82) is 0 Å². The van der Waals surface area contributed by atoms with Crippen LogP contribution < -0.4 is 5.32 Å². The van der Waals surface area contributed by atoms with E-state index in [1.165, 1.54) is 0 Å². The van der Waals surface area contributed by atoms with Crippen molar-refractivity contribution >= 4 is 5.91 Å². The maximum absolute atomic E-state index is 11.8. The van der Waals surface area contributed by atoms with Crippen LogP contribution in [-0.4, -0.2) is 28.8 Å². The minimum absolute atomic E-state index is 0.0673. The fourth-order valence-electron chi connectivity index (χ4n) is 2.51. The van der Waals surface area contributed by atoms with Crippen molar-refractivity contribution in [3.05, 3.63) is 29.3 Å². The molecule has 0 radical (unpaired) electrons. The second-order valence-electron chi connectivity index (χ2n) is 5.36. The van der Waals surface area contributed by atoms with Gasteiger partial charge in [0, 0.05) is 12.5 Å². The molecule has 0 heterocycles. The molecule has 1 fully saturated rings. The Hall–Kier alpha value is -1.55. The molecule has 2 rings (SSSR count). The van der Waals surface area contributed by atoms with Gasteiger partial charge in [0.2, 0.25) is 5.91 Å². The van der Waals surface area contributed by atoms with Gasteiger partial charge in [-0.3, -0.25) is 4.79 Å². The molecule has 1 aliphatic rings. The Morgan fingerprint density at radius 2 is 2.21 bits per heavy atom. The van der Waals surface area contributed by atoms with Gasteiger partial charge in [-0.05, 0) is 37.0 Å². The number of hydrogen-bond donors (Lipinski definition) is 3. The Bertz CT molecular complexity index is 459. The molecule has 0 aliphatic heterocycles. The van der Waals surface area contributed by atoms with Gasteiger partial charge in [0.05, 0.1) is 12.5 Å². The van der Waals surface area contributed by atoms with Gasteiger partial charge in [-0.15, -0.1) is 0 Å². The lowest BCUT2D eigenvalue weighted by Gasteiger charge is -2.15. The summed E-state index contributed by atoms with van der Waals surface area (Å²) in [5.74, 6) is 0.342. The average molecular weight is 263 g/mol. The van der Waals surface area contributed by atoms with E-state index in [9.17, 15) is 15.0 Å². The highest BCUT2D eigenvalue weighted by atomic mass is 16.3. The van der Waals surface area contributed by atoms with Crippen LogP contribution in [0.4, 0.5) is 0 Å². The van der Waals surface area contributed by atoms with Crippen molar-refractivity contribution in [1.82, 2.24) is 5.32 Å². The molecule has 2 unspecified atom stereocenters. The highest BCUT2D eigenvalue weighted by Gasteiger charge is 2.25. The van der Waals surface area contributed by atoms with Gasteiger partial charge in [0.15, 0.2) is 0 Å². The first-order chi connectivity index (χ1) is 9.06. The van der Waals surface area contributed by atoms with Crippen molar-refractivity contribution in [2.45, 2.75) is 38.7 Å². The van der Waals surface area contributed by atoms with Crippen LogP contribution >= 0.6 is 0 Å². The van der Waals surface area contributed by atoms with Crippen molar-refractivity contribution in [3.8, 4) is 5.75 Å². The van der Waals surface area contributed by atoms with Crippen LogP contribution in [0.2, 0.25) is 0 Å². The maximum atomic E-state index is 11.8. The van der Waals surface area contributed by atoms with Gasteiger partial charge in [-0.25, -0.2) is 0 Å². The second kappa shape index (κ2) is 6.06. The summed E-state index contributed by atoms with van der Waals surface area (Å²) in [4.78, 5) is 11.8. The molecule has 1 amide bonds. The molecule has 1 aromatic rings. The first-order valence-corrected chi connectivity index (χ1v) is 6.79. The first kappa shape index (κ1) is 13.9. The fourth-order valence-corrected chi connectivity index (χ4v) is 2.51. The van der Waals surface area contributed by atoms with E-state index < -0.39 is 0 Å². The molecule has 1 aliphatic carbocycles. The normalized spacial score (nSPS) is 22.4. The zero-order valence-corrected chi connectivity index (χ0v) is 11.2. The number of phenols is 1. The number of nitrogens with one attached hydrogen (secondary N) is 1. The van der Waals surface area contributed by atoms with E-state index in [1.807, 2.05) is 13.0 Å². The molecular weight excluding hydrogens is 242 g/mol. The molecule has 104 valence electrons. The van der Waals surface area contributed by atoms with E-state index in [-0.39, 0.29) is 30.1 Å². The van der Waals surface area contributed by atoms with Crippen LogP contribution in [-0.2, 0) is 11.2 Å². The van der Waals surface area contributed by atoms with Crippen LogP contribution in [0, 0.1) is 12.8 Å². The molecule has 2 atom stereocenters. The van der Waals surface area contributed by atoms with Crippen molar-refractivity contribution in [2.24, 2.45) is 5.92 Å². The number of amides is 1. The van der Waals surface area contributed by atoms with Crippen LogP contribution in [0.25, 0.3) is 0 Å². The molecule has 1 aromatic carbocycles. The van der Waals surface area contributed by atoms with Crippen LogP contribution in [0.3, 0.4) is 0 Å². The number of benzene rings is 1. The molecular formula is C15H21NO3. The standard InChI is InChI=1S/C15H21NO3/c1-10-5-6-11(7-14(10)18)8-15(19)16-9-12-3-2-4-13(12)17/h5-7,12-13,17-18H,2-4,8-9H2,1H3,(H,16,19). The van der Waals surface area contributed by atoms with Crippen molar-refractivity contribution in [3.63, 3.8) is 0 Å². The van der Waals surface area contributed by atoms with E-state index in [0.29, 0.717) is 6.54 Å². The lowest BCUT2D eigenvalue weighted by atomic mass is 10.1. The lowest BCUT2D eigenvalue weighted by molar-refractivity contribution is -0.120. The predicted molar refractivity (Wildman–Crippen MR) is 72.9 cm³/mol. The third-order valence-corrected chi connectivity index (χ3v) is 3.82. The highest BCUT2D eigenvalue weighted by molar-refractivity contribution is 5.78. The Morgan fingerprint density at radius 3 is 2.84 bits per heavy atom. The minimum atomic E-state index is -0.274. The quantitative estimate of drug-likeness (QED) is 0.771. The molecule has 0 aromatic heterocycles. The molecule has 1 saturated carbocycles. The second-order valence-corrected chi connectivity index (χ2v) is 5.36. The molecule has 0 bridgehead atoms. The zero-order valence-electron chi connectivity index (χ0n) is 11.2. The predicted octanol–water partition coefficient (Wildman–Crippen LogP) is 1.52. The smallest absolute Gasteiger partial charge is 0.224 e. The summed E-state index contributed by atoms with van der Waals surface area (Å²) in [6.07, 6.45) is 2.84. The van der Waals surface area contributed by atoms with E-state index in [4.69, 9.17) is 0 Å². The van der Waals surface area contributed by atoms with E-state index >= 15 is 0 Å². The van der Waals surface area contributed by atoms with Gasteiger partial charge in [0.1, 0.15) is 5.75 Å². The number of aryl methyl sites for hydroxylation is 1. The lowest BCUT2D eigenvalue weighted by Crippen LogP contribution is -2.33. The number of carbonyl (C=O) groups excluding carboxylic acids is 1. The van der Waals surface area contributed by atoms with Crippen LogP contribution in [0.5, 0.6) is 5.75 Å². The fraction of sp³-hybridized carbons (Fsp3) is 0.533. The average Bonchev–Trinajstić information content (AvgIpc) is 2.77. The number of phenolic OH excluding ortho intramolecular Hbond substituents is 1. The van der Waals surface area contributed by atoms with E-state index in [1.54, 1.807) is 12.1 Å². The molecule has 0 spiro atoms. The SMILES string of the molecule is Cc1ccc(CC(=O)NCC2CCCC2O)cc1O. The molecule has 19 heavy (non-hydrogen) atoms. The van der Waals surface area contributed by atoms with Gasteiger partial charge >= 0.3 is 0 Å². The number of rotatable bonds is 4. The third kappa shape index (κ3) is 3.70. The summed E-state index contributed by atoms with van der Waals surface area (Å²) < 4.78 is 0. The Balaban J connectivity index is 1.82. The van der Waals surface area contributed by atoms with Gasteiger partial charge in [0.25, 0.3) is 0 Å². The highest BCUT2D eigenvalue weighted by Crippen LogP contribution is 2.24. The number of aromatic hydroxyl groups is 1. The summed E-state index contributed by atoms with van der Waals surface area (Å²) in [5.41, 5.74) is 1.60. The minimum Gasteiger partial charge on any atom is -0.508 e. The summed E-state index contributed by atoms with van der Waals surface area (Å²) >= 11 is 0. The molecule has 3 N–H and O–H groups in total. The third-order valence-electron chi connectivity index (χ3n) is 3.82. The number of aliphatic hydroxyl groups excluding tert-OH is 1. The summed E-state index contributed by atoms with van der Waals surface area (Å²) in [6.45, 7) is 2.36. The zero-order chi connectivity index (χ0) is 13.8. The van der Waals surface area contributed by atoms with E-state index in [2.05, 4.69) is 5.32 Å². The number of carbonyl (C=O) groups is 1. The monoisotopic (exact) mass is 263 g/mol. The van der Waals surface area contributed by atoms with E-state index in [0.717, 1.165) is 30.4 Å². The van der Waals surface area contributed by atoms with Gasteiger partial charge < -0.3 is 15.5 Å². The van der Waals surface area contributed by atoms with Crippen LogP contribution in [0.15, 0.2) is 18.2 Å². The maximum Gasteiger partial charge on any atom is 0.224 e. The molecule has 4 nitrogen and oxygen atoms in total. The Labute approximate surface area is 113 Å².